The van der Waals surface area contributed by atoms with Crippen molar-refractivity contribution in [1.29, 1.82) is 0 Å². The summed E-state index contributed by atoms with van der Waals surface area (Å²) in [5.74, 6) is 0.711. The lowest BCUT2D eigenvalue weighted by molar-refractivity contribution is 0.168. The van der Waals surface area contributed by atoms with Crippen LogP contribution in [0.4, 0.5) is 22.0 Å². The molecule has 0 saturated carbocycles. The Kier molecular flexibility index (Phi) is 5.21. The van der Waals surface area contributed by atoms with Crippen molar-refractivity contribution in [3.05, 3.63) is 48.2 Å². The first-order valence-corrected chi connectivity index (χ1v) is 7.66. The summed E-state index contributed by atoms with van der Waals surface area (Å²) < 4.78 is 4.82. The zero-order chi connectivity index (χ0) is 16.9. The van der Waals surface area contributed by atoms with Gasteiger partial charge in [0.05, 0.1) is 18.5 Å². The van der Waals surface area contributed by atoms with E-state index < -0.39 is 6.09 Å². The molecule has 0 aliphatic carbocycles. The molecular formula is C18H23N3O2. The van der Waals surface area contributed by atoms with Gasteiger partial charge in [-0.15, -0.1) is 0 Å². The number of rotatable bonds is 4. The van der Waals surface area contributed by atoms with Crippen LogP contribution >= 0.6 is 0 Å². The van der Waals surface area contributed by atoms with E-state index in [-0.39, 0.29) is 5.41 Å². The van der Waals surface area contributed by atoms with Gasteiger partial charge in [-0.3, -0.25) is 5.32 Å². The van der Waals surface area contributed by atoms with Gasteiger partial charge in [0.1, 0.15) is 5.82 Å². The maximum Gasteiger partial charge on any atom is 0.411 e. The first-order valence-electron chi connectivity index (χ1n) is 7.66. The number of nitrogens with zero attached hydrogens (tertiary/aromatic N) is 1. The van der Waals surface area contributed by atoms with Crippen molar-refractivity contribution in [2.75, 3.05) is 17.2 Å². The molecule has 1 aromatic heterocycles. The van der Waals surface area contributed by atoms with Crippen molar-refractivity contribution in [3.8, 4) is 0 Å². The molecule has 1 amide bonds. The van der Waals surface area contributed by atoms with Crippen LogP contribution in [0.2, 0.25) is 0 Å². The van der Waals surface area contributed by atoms with E-state index in [0.717, 1.165) is 5.69 Å². The minimum Gasteiger partial charge on any atom is -0.450 e. The molecule has 0 spiro atoms. The highest BCUT2D eigenvalue weighted by molar-refractivity contribution is 5.84. The summed E-state index contributed by atoms with van der Waals surface area (Å²) in [6.07, 6.45) is 1.11. The van der Waals surface area contributed by atoms with Gasteiger partial charge in [-0.25, -0.2) is 9.78 Å². The van der Waals surface area contributed by atoms with Gasteiger partial charge in [0.25, 0.3) is 0 Å². The second-order valence-corrected chi connectivity index (χ2v) is 6.23. The van der Waals surface area contributed by atoms with E-state index in [0.29, 0.717) is 18.1 Å². The molecule has 0 aliphatic rings. The number of amides is 1. The van der Waals surface area contributed by atoms with Crippen molar-refractivity contribution in [2.24, 2.45) is 0 Å². The van der Waals surface area contributed by atoms with Gasteiger partial charge < -0.3 is 10.1 Å². The number of hydrogen-bond donors (Lipinski definition) is 2. The van der Waals surface area contributed by atoms with Gasteiger partial charge >= 0.3 is 6.09 Å². The Bertz CT molecular complexity index is 643. The second kappa shape index (κ2) is 7.13. The lowest BCUT2D eigenvalue weighted by Crippen LogP contribution is -2.13. The summed E-state index contributed by atoms with van der Waals surface area (Å²) in [6, 6.07) is 11.9. The van der Waals surface area contributed by atoms with Crippen LogP contribution in [-0.4, -0.2) is 17.7 Å². The van der Waals surface area contributed by atoms with E-state index in [1.165, 1.54) is 5.56 Å². The SMILES string of the molecule is CCOC(=O)Nc1ccc(Nc2ccc(C(C)(C)C)cc2)nc1. The van der Waals surface area contributed by atoms with Crippen LogP contribution in [-0.2, 0) is 10.2 Å². The Morgan fingerprint density at radius 3 is 2.26 bits per heavy atom. The Morgan fingerprint density at radius 1 is 1.09 bits per heavy atom. The van der Waals surface area contributed by atoms with Gasteiger partial charge in [-0.05, 0) is 42.2 Å². The maximum absolute atomic E-state index is 11.3. The highest BCUT2D eigenvalue weighted by Crippen LogP contribution is 2.24. The molecule has 0 radical (unpaired) electrons. The number of pyridine rings is 1. The van der Waals surface area contributed by atoms with E-state index in [9.17, 15) is 4.79 Å². The molecule has 23 heavy (non-hydrogen) atoms. The number of carbonyl (C=O) groups is 1. The fourth-order valence-electron chi connectivity index (χ4n) is 2.03. The molecule has 2 aromatic rings. The third-order valence-corrected chi connectivity index (χ3v) is 3.31. The molecule has 0 unspecified atom stereocenters. The summed E-state index contributed by atoms with van der Waals surface area (Å²) >= 11 is 0. The van der Waals surface area contributed by atoms with Crippen LogP contribution < -0.4 is 10.6 Å². The number of carbonyl (C=O) groups excluding carboxylic acids is 1. The number of ether oxygens (including phenoxy) is 1. The molecule has 5 heteroatoms. The Balaban J connectivity index is 1.99. The summed E-state index contributed by atoms with van der Waals surface area (Å²) in [5.41, 5.74) is 2.98. The van der Waals surface area contributed by atoms with Crippen LogP contribution in [0.1, 0.15) is 33.3 Å². The first kappa shape index (κ1) is 16.8. The molecule has 1 heterocycles. The normalized spacial score (nSPS) is 11.0. The van der Waals surface area contributed by atoms with E-state index in [1.54, 1.807) is 25.3 Å². The largest absolute Gasteiger partial charge is 0.450 e. The third kappa shape index (κ3) is 4.98. The minimum atomic E-state index is -0.479. The van der Waals surface area contributed by atoms with Crippen LogP contribution in [0.5, 0.6) is 0 Å². The number of anilines is 3. The average Bonchev–Trinajstić information content (AvgIpc) is 2.49. The molecule has 0 saturated heterocycles. The highest BCUT2D eigenvalue weighted by atomic mass is 16.5. The lowest BCUT2D eigenvalue weighted by Gasteiger charge is -2.19. The molecule has 122 valence electrons. The summed E-state index contributed by atoms with van der Waals surface area (Å²) in [6.45, 7) is 8.66. The maximum atomic E-state index is 11.3. The molecule has 2 rings (SSSR count). The first-order chi connectivity index (χ1) is 10.9. The van der Waals surface area contributed by atoms with Crippen molar-refractivity contribution in [1.82, 2.24) is 4.98 Å². The zero-order valence-electron chi connectivity index (χ0n) is 14.0. The van der Waals surface area contributed by atoms with Crippen molar-refractivity contribution in [3.63, 3.8) is 0 Å². The standard InChI is InChI=1S/C18H23N3O2/c1-5-23-17(22)21-15-10-11-16(19-12-15)20-14-8-6-13(7-9-14)18(2,3)4/h6-12H,5H2,1-4H3,(H,19,20)(H,21,22). The molecule has 5 nitrogen and oxygen atoms in total. The summed E-state index contributed by atoms with van der Waals surface area (Å²) in [5, 5.41) is 5.84. The predicted molar refractivity (Wildman–Crippen MR) is 93.3 cm³/mol. The quantitative estimate of drug-likeness (QED) is 0.859. The predicted octanol–water partition coefficient (Wildman–Crippen LogP) is 4.69. The molecule has 0 atom stereocenters. The van der Waals surface area contributed by atoms with Crippen molar-refractivity contribution < 1.29 is 9.53 Å². The van der Waals surface area contributed by atoms with Crippen LogP contribution in [0.25, 0.3) is 0 Å². The Morgan fingerprint density at radius 2 is 1.74 bits per heavy atom. The third-order valence-electron chi connectivity index (χ3n) is 3.31. The minimum absolute atomic E-state index is 0.136. The van der Waals surface area contributed by atoms with Gasteiger partial charge in [0.2, 0.25) is 0 Å². The fourth-order valence-corrected chi connectivity index (χ4v) is 2.03. The van der Waals surface area contributed by atoms with Crippen LogP contribution in [0.3, 0.4) is 0 Å². The molecule has 0 bridgehead atoms. The monoisotopic (exact) mass is 313 g/mol. The number of aromatic nitrogens is 1. The number of nitrogens with one attached hydrogen (secondary N) is 2. The van der Waals surface area contributed by atoms with Crippen LogP contribution in [0.15, 0.2) is 42.6 Å². The van der Waals surface area contributed by atoms with Crippen LogP contribution in [0, 0.1) is 0 Å². The highest BCUT2D eigenvalue weighted by Gasteiger charge is 2.12. The van der Waals surface area contributed by atoms with E-state index in [4.69, 9.17) is 4.74 Å². The second-order valence-electron chi connectivity index (χ2n) is 6.23. The van der Waals surface area contributed by atoms with E-state index in [1.807, 2.05) is 12.1 Å². The van der Waals surface area contributed by atoms with E-state index >= 15 is 0 Å². The molecule has 0 aliphatic heterocycles. The fraction of sp³-hybridized carbons (Fsp3) is 0.333. The van der Waals surface area contributed by atoms with E-state index in [2.05, 4.69) is 48.5 Å². The smallest absolute Gasteiger partial charge is 0.411 e. The summed E-state index contributed by atoms with van der Waals surface area (Å²) in [7, 11) is 0. The van der Waals surface area contributed by atoms with Gasteiger partial charge in [-0.2, -0.15) is 0 Å². The van der Waals surface area contributed by atoms with Crippen molar-refractivity contribution >= 4 is 23.3 Å². The topological polar surface area (TPSA) is 63.2 Å². The molecule has 0 fully saturated rings. The average molecular weight is 313 g/mol. The number of hydrogen-bond acceptors (Lipinski definition) is 4. The lowest BCUT2D eigenvalue weighted by atomic mass is 9.87. The number of benzene rings is 1. The van der Waals surface area contributed by atoms with Gasteiger partial charge in [-0.1, -0.05) is 32.9 Å². The van der Waals surface area contributed by atoms with Gasteiger partial charge in [0, 0.05) is 5.69 Å². The Labute approximate surface area is 137 Å². The van der Waals surface area contributed by atoms with Gasteiger partial charge in [0.15, 0.2) is 0 Å². The molecule has 1 aromatic carbocycles. The summed E-state index contributed by atoms with van der Waals surface area (Å²) in [4.78, 5) is 15.6. The zero-order valence-corrected chi connectivity index (χ0v) is 14.0. The molecular weight excluding hydrogens is 290 g/mol. The molecule has 2 N–H and O–H groups in total. The Hall–Kier alpha value is -2.56. The van der Waals surface area contributed by atoms with Crippen molar-refractivity contribution in [2.45, 2.75) is 33.1 Å².